The second-order valence-corrected chi connectivity index (χ2v) is 12.2. The Hall–Kier alpha value is -0.630. The Morgan fingerprint density at radius 1 is 0.575 bits per heavy atom. The van der Waals surface area contributed by atoms with E-state index >= 15 is 0 Å². The van der Waals surface area contributed by atoms with E-state index in [1.54, 1.807) is 0 Å². The van der Waals surface area contributed by atoms with Gasteiger partial charge >= 0.3 is 34.0 Å². The summed E-state index contributed by atoms with van der Waals surface area (Å²) in [6, 6.07) is 20.8. The summed E-state index contributed by atoms with van der Waals surface area (Å²) in [6.45, 7) is 6.00. The van der Waals surface area contributed by atoms with E-state index in [4.69, 9.17) is 20.8 Å². The molecule has 0 N–H and O–H groups in total. The largest absolute Gasteiger partial charge is 1.00 e. The Balaban J connectivity index is 0.00000560. The molecule has 1 fully saturated rings. The van der Waals surface area contributed by atoms with Crippen molar-refractivity contribution in [3.05, 3.63) is 71.8 Å². The number of ether oxygens (including phenoxy) is 2. The SMILES string of the molecule is CCC[O][Al-]1[O][C@@H](CCCCCCCCOCc2ccccc2)[C@@H](CCCCCCOCc2ccccc2)[O]1.[Li+]. The maximum absolute atomic E-state index is 6.29. The van der Waals surface area contributed by atoms with Gasteiger partial charge in [-0.3, -0.25) is 0 Å². The Kier molecular flexibility index (Phi) is 21.2. The van der Waals surface area contributed by atoms with Gasteiger partial charge in [0.1, 0.15) is 0 Å². The minimum Gasteiger partial charge on any atom is -0.634 e. The van der Waals surface area contributed by atoms with E-state index in [2.05, 4.69) is 55.5 Å². The van der Waals surface area contributed by atoms with Crippen LogP contribution in [0.15, 0.2) is 60.7 Å². The van der Waals surface area contributed by atoms with Crippen LogP contribution in [0, 0.1) is 0 Å². The minimum absolute atomic E-state index is 0. The predicted molar refractivity (Wildman–Crippen MR) is 159 cm³/mol. The summed E-state index contributed by atoms with van der Waals surface area (Å²) in [5, 5.41) is 0. The smallest absolute Gasteiger partial charge is 0.634 e. The molecule has 7 heteroatoms. The Bertz CT molecular complexity index is 828. The van der Waals surface area contributed by atoms with Gasteiger partial charge in [0.25, 0.3) is 0 Å². The van der Waals surface area contributed by atoms with Gasteiger partial charge < -0.3 is 20.8 Å². The first-order chi connectivity index (χ1) is 19.3. The monoisotopic (exact) mass is 561 g/mol. The molecule has 0 aromatic heterocycles. The van der Waals surface area contributed by atoms with E-state index in [0.717, 1.165) is 58.5 Å². The second kappa shape index (κ2) is 23.9. The number of hydrogen-bond donors (Lipinski definition) is 0. The van der Waals surface area contributed by atoms with Crippen molar-refractivity contribution in [2.75, 3.05) is 19.8 Å². The van der Waals surface area contributed by atoms with Crippen LogP contribution in [0.2, 0.25) is 0 Å². The maximum atomic E-state index is 6.29. The van der Waals surface area contributed by atoms with Crippen molar-refractivity contribution >= 4 is 15.1 Å². The molecule has 2 aromatic carbocycles. The van der Waals surface area contributed by atoms with Gasteiger partial charge in [-0.2, -0.15) is 0 Å². The average molecular weight is 562 g/mol. The quantitative estimate of drug-likeness (QED) is 0.136. The molecule has 1 heterocycles. The molecule has 0 bridgehead atoms. The van der Waals surface area contributed by atoms with Gasteiger partial charge in [0.2, 0.25) is 0 Å². The van der Waals surface area contributed by atoms with Crippen molar-refractivity contribution < 1.29 is 39.7 Å². The van der Waals surface area contributed by atoms with Gasteiger partial charge in [-0.05, 0) is 49.8 Å². The zero-order valence-electron chi connectivity index (χ0n) is 25.3. The molecule has 1 aliphatic heterocycles. The van der Waals surface area contributed by atoms with Crippen LogP contribution in [-0.4, -0.2) is 47.2 Å². The molecule has 1 radical (unpaired) electrons. The summed E-state index contributed by atoms with van der Waals surface area (Å²) in [7, 11) is 0. The van der Waals surface area contributed by atoms with Crippen molar-refractivity contribution in [1.29, 1.82) is 0 Å². The fourth-order valence-corrected chi connectivity index (χ4v) is 6.82. The van der Waals surface area contributed by atoms with E-state index in [9.17, 15) is 0 Å². The molecule has 2 atom stereocenters. The molecule has 3 rings (SSSR count). The molecule has 40 heavy (non-hydrogen) atoms. The van der Waals surface area contributed by atoms with Gasteiger partial charge in [-0.25, -0.2) is 0 Å². The first-order valence-electron chi connectivity index (χ1n) is 15.5. The summed E-state index contributed by atoms with van der Waals surface area (Å²) < 4.78 is 30.1. The Morgan fingerprint density at radius 2 is 1.00 bits per heavy atom. The Morgan fingerprint density at radius 3 is 1.45 bits per heavy atom. The Labute approximate surface area is 261 Å². The molecular formula is C33H51AlLiO5. The van der Waals surface area contributed by atoms with E-state index in [-0.39, 0.29) is 31.1 Å². The summed E-state index contributed by atoms with van der Waals surface area (Å²) in [4.78, 5) is 0. The fourth-order valence-electron chi connectivity index (χ4n) is 4.98. The second-order valence-electron chi connectivity index (χ2n) is 10.7. The van der Waals surface area contributed by atoms with Crippen molar-refractivity contribution in [2.24, 2.45) is 0 Å². The fraction of sp³-hybridized carbons (Fsp3) is 0.636. The zero-order chi connectivity index (χ0) is 27.2. The van der Waals surface area contributed by atoms with Crippen LogP contribution in [-0.2, 0) is 34.1 Å². The number of hydrogen-bond acceptors (Lipinski definition) is 5. The summed E-state index contributed by atoms with van der Waals surface area (Å²) >= 11 is -1.96. The average Bonchev–Trinajstić information content (AvgIpc) is 3.36. The van der Waals surface area contributed by atoms with E-state index in [0.29, 0.717) is 6.61 Å². The van der Waals surface area contributed by atoms with Gasteiger partial charge in [0.05, 0.1) is 13.2 Å². The number of benzene rings is 2. The summed E-state index contributed by atoms with van der Waals surface area (Å²) in [5.74, 6) is 0. The number of rotatable bonds is 23. The van der Waals surface area contributed by atoms with Crippen molar-refractivity contribution in [3.63, 3.8) is 0 Å². The molecule has 5 nitrogen and oxygen atoms in total. The third kappa shape index (κ3) is 16.1. The van der Waals surface area contributed by atoms with E-state index in [1.807, 2.05) is 12.1 Å². The summed E-state index contributed by atoms with van der Waals surface area (Å²) in [6.07, 6.45) is 15.8. The standard InChI is InChI=1S/C30H44O4.C3H7O.Al.Li/c31-29(21-13-3-1-2-5-15-23-33-25-27-17-9-7-10-18-27)30(32)22-14-4-6-16-24-34-26-28-19-11-8-12-20-28;1-2-3-4;;/h7-12,17-20,29-30H,1-6,13-16,21-26H2;2-3H2,1H3;;/q-2;-1;+2;+1/t29-,30+;;;/m0.../s1. The molecule has 0 unspecified atom stereocenters. The molecule has 2 aromatic rings. The van der Waals surface area contributed by atoms with E-state index in [1.165, 1.54) is 62.5 Å². The van der Waals surface area contributed by atoms with Crippen LogP contribution in [0.1, 0.15) is 102 Å². The third-order valence-corrected chi connectivity index (χ3v) is 8.87. The van der Waals surface area contributed by atoms with Gasteiger partial charge in [0, 0.05) is 25.4 Å². The third-order valence-electron chi connectivity index (χ3n) is 7.22. The van der Waals surface area contributed by atoms with Crippen LogP contribution in [0.25, 0.3) is 0 Å². The molecule has 0 amide bonds. The van der Waals surface area contributed by atoms with Crippen molar-refractivity contribution in [3.8, 4) is 0 Å². The first kappa shape index (κ1) is 35.6. The topological polar surface area (TPSA) is 46.2 Å². The van der Waals surface area contributed by atoms with Gasteiger partial charge in [-0.15, -0.1) is 0 Å². The normalized spacial score (nSPS) is 17.2. The van der Waals surface area contributed by atoms with Crippen LogP contribution in [0.4, 0.5) is 0 Å². The van der Waals surface area contributed by atoms with Crippen molar-refractivity contribution in [1.82, 2.24) is 0 Å². The molecule has 0 spiro atoms. The van der Waals surface area contributed by atoms with Crippen molar-refractivity contribution in [2.45, 2.75) is 116 Å². The van der Waals surface area contributed by atoms with Gasteiger partial charge in [0.15, 0.2) is 0 Å². The van der Waals surface area contributed by atoms with E-state index < -0.39 is 15.1 Å². The molecule has 1 saturated heterocycles. The van der Waals surface area contributed by atoms with Crippen LogP contribution >= 0.6 is 0 Å². The summed E-state index contributed by atoms with van der Waals surface area (Å²) in [5.41, 5.74) is 2.50. The molecule has 0 saturated carbocycles. The zero-order valence-corrected chi connectivity index (χ0v) is 26.4. The van der Waals surface area contributed by atoms with Crippen LogP contribution in [0.5, 0.6) is 0 Å². The molecule has 0 aliphatic carbocycles. The number of unbranched alkanes of at least 4 members (excludes halogenated alkanes) is 8. The van der Waals surface area contributed by atoms with Crippen LogP contribution in [0.3, 0.4) is 0 Å². The predicted octanol–water partition coefficient (Wildman–Crippen LogP) is 5.30. The minimum atomic E-state index is -1.96. The maximum Gasteiger partial charge on any atom is 1.00 e. The molecule has 1 aliphatic rings. The van der Waals surface area contributed by atoms with Crippen LogP contribution < -0.4 is 18.9 Å². The molecule has 217 valence electrons. The molecular weight excluding hydrogens is 510 g/mol. The van der Waals surface area contributed by atoms with Gasteiger partial charge in [-0.1, -0.05) is 119 Å². The first-order valence-corrected chi connectivity index (χ1v) is 16.9.